The molecule has 0 N–H and O–H groups in total. The van der Waals surface area contributed by atoms with E-state index in [1.165, 1.54) is 25.9 Å². The van der Waals surface area contributed by atoms with Gasteiger partial charge in [-0.1, -0.05) is 0 Å². The Bertz CT molecular complexity index is 62.3. The molecule has 0 aromatic heterocycles. The Morgan fingerprint density at radius 1 is 1.10 bits per heavy atom. The SMILES string of the molecule is CCC[CH2][GeH2][N](CC)CC. The Balaban J connectivity index is 3.09. The van der Waals surface area contributed by atoms with Crippen LogP contribution in [-0.2, 0) is 0 Å². The van der Waals surface area contributed by atoms with Gasteiger partial charge < -0.3 is 0 Å². The molecule has 0 aromatic rings. The fraction of sp³-hybridized carbons (Fsp3) is 1.00. The molecule has 0 unspecified atom stereocenters. The molecule has 0 aliphatic rings. The van der Waals surface area contributed by atoms with Crippen molar-refractivity contribution in [1.29, 1.82) is 0 Å². The van der Waals surface area contributed by atoms with Gasteiger partial charge in [0.25, 0.3) is 0 Å². The number of rotatable bonds is 6. The van der Waals surface area contributed by atoms with Crippen LogP contribution in [0.1, 0.15) is 33.6 Å². The van der Waals surface area contributed by atoms with Gasteiger partial charge in [0.15, 0.2) is 0 Å². The van der Waals surface area contributed by atoms with Gasteiger partial charge in [-0.05, 0) is 0 Å². The second-order valence-corrected chi connectivity index (χ2v) is 7.03. The molecule has 0 aliphatic carbocycles. The molecule has 62 valence electrons. The predicted octanol–water partition coefficient (Wildman–Crippen LogP) is 1.63. The molecule has 2 heteroatoms. The Morgan fingerprint density at radius 3 is 2.10 bits per heavy atom. The van der Waals surface area contributed by atoms with Crippen LogP contribution in [0, 0.1) is 0 Å². The number of nitrogens with zero attached hydrogens (tertiary/aromatic N) is 1. The van der Waals surface area contributed by atoms with Gasteiger partial charge in [-0.3, -0.25) is 0 Å². The molecule has 0 spiro atoms. The zero-order chi connectivity index (χ0) is 7.82. The van der Waals surface area contributed by atoms with Crippen molar-refractivity contribution in [3.8, 4) is 0 Å². The first-order valence-electron chi connectivity index (χ1n) is 4.57. The second kappa shape index (κ2) is 7.61. The summed E-state index contributed by atoms with van der Waals surface area (Å²) in [4.78, 5) is 0. The third-order valence-electron chi connectivity index (χ3n) is 1.97. The summed E-state index contributed by atoms with van der Waals surface area (Å²) in [6.07, 6.45) is 2.85. The van der Waals surface area contributed by atoms with Crippen LogP contribution in [0.15, 0.2) is 0 Å². The molecular weight excluding hydrogens is 183 g/mol. The van der Waals surface area contributed by atoms with Gasteiger partial charge in [0, 0.05) is 0 Å². The van der Waals surface area contributed by atoms with Crippen LogP contribution >= 0.6 is 0 Å². The molecule has 0 amide bonds. The van der Waals surface area contributed by atoms with Crippen LogP contribution in [0.25, 0.3) is 0 Å². The third kappa shape index (κ3) is 5.30. The molecule has 0 bridgehead atoms. The topological polar surface area (TPSA) is 3.24 Å². The monoisotopic (exact) mass is 205 g/mol. The molecule has 0 fully saturated rings. The molecule has 0 heterocycles. The van der Waals surface area contributed by atoms with E-state index in [4.69, 9.17) is 0 Å². The summed E-state index contributed by atoms with van der Waals surface area (Å²) in [5.41, 5.74) is 0. The van der Waals surface area contributed by atoms with Gasteiger partial charge in [0.2, 0.25) is 0 Å². The molecule has 0 radical (unpaired) electrons. The molecule has 0 saturated heterocycles. The Labute approximate surface area is 71.9 Å². The zero-order valence-corrected chi connectivity index (χ0v) is 10.7. The maximum atomic E-state index is 2.67. The maximum absolute atomic E-state index is 2.67. The van der Waals surface area contributed by atoms with E-state index in [0.29, 0.717) is 0 Å². The van der Waals surface area contributed by atoms with Crippen LogP contribution in [-0.4, -0.2) is 32.6 Å². The van der Waals surface area contributed by atoms with Gasteiger partial charge in [-0.15, -0.1) is 0 Å². The van der Waals surface area contributed by atoms with Gasteiger partial charge in [0.05, 0.1) is 0 Å². The summed E-state index contributed by atoms with van der Waals surface area (Å²) < 4.78 is 2.67. The molecule has 10 heavy (non-hydrogen) atoms. The quantitative estimate of drug-likeness (QED) is 0.469. The van der Waals surface area contributed by atoms with Gasteiger partial charge in [-0.2, -0.15) is 0 Å². The number of hydrogen-bond acceptors (Lipinski definition) is 1. The summed E-state index contributed by atoms with van der Waals surface area (Å²) in [6.45, 7) is 9.42. The molecule has 0 saturated carbocycles. The van der Waals surface area contributed by atoms with Crippen LogP contribution in [0.2, 0.25) is 5.25 Å². The van der Waals surface area contributed by atoms with E-state index >= 15 is 0 Å². The first-order valence-corrected chi connectivity index (χ1v) is 8.00. The molecule has 0 atom stereocenters. The van der Waals surface area contributed by atoms with Crippen molar-refractivity contribution in [2.75, 3.05) is 13.1 Å². The van der Waals surface area contributed by atoms with E-state index in [2.05, 4.69) is 24.6 Å². The van der Waals surface area contributed by atoms with Gasteiger partial charge >= 0.3 is 71.5 Å². The van der Waals surface area contributed by atoms with Gasteiger partial charge in [-0.25, -0.2) is 0 Å². The zero-order valence-electron chi connectivity index (χ0n) is 7.69. The van der Waals surface area contributed by atoms with Crippen molar-refractivity contribution in [2.45, 2.75) is 38.9 Å². The third-order valence-corrected chi connectivity index (χ3v) is 6.89. The number of unbranched alkanes of at least 4 members (excludes halogenated alkanes) is 1. The summed E-state index contributed by atoms with van der Waals surface area (Å²) in [5, 5.41) is 1.56. The molecule has 1 nitrogen and oxygen atoms in total. The van der Waals surface area contributed by atoms with Crippen LogP contribution < -0.4 is 0 Å². The van der Waals surface area contributed by atoms with Crippen molar-refractivity contribution in [2.24, 2.45) is 0 Å². The van der Waals surface area contributed by atoms with Crippen molar-refractivity contribution in [3.05, 3.63) is 0 Å². The van der Waals surface area contributed by atoms with Crippen molar-refractivity contribution < 1.29 is 0 Å². The summed E-state index contributed by atoms with van der Waals surface area (Å²) in [7, 11) is 0. The fourth-order valence-corrected chi connectivity index (χ4v) is 4.91. The minimum absolute atomic E-state index is 0.253. The summed E-state index contributed by atoms with van der Waals surface area (Å²) >= 11 is -0.253. The standard InChI is InChI=1S/C8H21GeN/c1-4-7-8-9-10(5-2)6-3/h4-9H2,1-3H3. The van der Waals surface area contributed by atoms with E-state index in [1.54, 1.807) is 5.25 Å². The van der Waals surface area contributed by atoms with Gasteiger partial charge in [0.1, 0.15) is 0 Å². The molecule has 0 aliphatic heterocycles. The molecular formula is C8H21GeN. The Hall–Kier alpha value is 0.503. The normalized spacial score (nSPS) is 12.0. The molecule has 0 rings (SSSR count). The van der Waals surface area contributed by atoms with E-state index in [9.17, 15) is 0 Å². The van der Waals surface area contributed by atoms with Crippen molar-refractivity contribution >= 4 is 15.7 Å². The predicted molar refractivity (Wildman–Crippen MR) is 51.2 cm³/mol. The first kappa shape index (κ1) is 10.5. The first-order chi connectivity index (χ1) is 4.85. The average molecular weight is 204 g/mol. The van der Waals surface area contributed by atoms with E-state index in [0.717, 1.165) is 0 Å². The molecule has 0 aromatic carbocycles. The second-order valence-electron chi connectivity index (χ2n) is 2.73. The van der Waals surface area contributed by atoms with Crippen molar-refractivity contribution in [1.82, 2.24) is 3.86 Å². The van der Waals surface area contributed by atoms with Crippen molar-refractivity contribution in [3.63, 3.8) is 0 Å². The van der Waals surface area contributed by atoms with Crippen LogP contribution in [0.3, 0.4) is 0 Å². The van der Waals surface area contributed by atoms with E-state index in [1.807, 2.05) is 0 Å². The minimum atomic E-state index is -0.253. The average Bonchev–Trinajstić information content (AvgIpc) is 1.99. The summed E-state index contributed by atoms with van der Waals surface area (Å²) in [6, 6.07) is 0. The fourth-order valence-electron chi connectivity index (χ4n) is 1.13. The van der Waals surface area contributed by atoms with E-state index in [-0.39, 0.29) is 15.7 Å². The Morgan fingerprint density at radius 2 is 1.70 bits per heavy atom. The Kier molecular flexibility index (Phi) is 7.99. The van der Waals surface area contributed by atoms with E-state index < -0.39 is 0 Å². The van der Waals surface area contributed by atoms with Crippen LogP contribution in [0.4, 0.5) is 0 Å². The summed E-state index contributed by atoms with van der Waals surface area (Å²) in [5.74, 6) is 0. The number of hydrogen-bond donors (Lipinski definition) is 0. The van der Waals surface area contributed by atoms with Crippen LogP contribution in [0.5, 0.6) is 0 Å².